The fourth-order valence-electron chi connectivity index (χ4n) is 5.29. The molecule has 3 aromatic carbocycles. The monoisotopic (exact) mass is 619 g/mol. The van der Waals surface area contributed by atoms with E-state index in [1.807, 2.05) is 42.5 Å². The highest BCUT2D eigenvalue weighted by Gasteiger charge is 2.31. The number of aromatic nitrogens is 3. The van der Waals surface area contributed by atoms with Crippen LogP contribution in [0.2, 0.25) is 10.0 Å². The number of carbonyl (C=O) groups is 1. The van der Waals surface area contributed by atoms with Gasteiger partial charge in [-0.3, -0.25) is 9.10 Å². The molecule has 1 aliphatic heterocycles. The van der Waals surface area contributed by atoms with Crippen molar-refractivity contribution in [2.45, 2.75) is 30.3 Å². The first-order valence-electron chi connectivity index (χ1n) is 13.5. The normalized spacial score (nSPS) is 14.3. The first-order valence-corrected chi connectivity index (χ1v) is 15.7. The molecule has 8 nitrogen and oxygen atoms in total. The first kappa shape index (κ1) is 28.2. The molecule has 0 spiro atoms. The average Bonchev–Trinajstić information content (AvgIpc) is 3.45. The van der Waals surface area contributed by atoms with Gasteiger partial charge in [-0.05, 0) is 73.0 Å². The van der Waals surface area contributed by atoms with Gasteiger partial charge < -0.3 is 9.47 Å². The van der Waals surface area contributed by atoms with Gasteiger partial charge in [0.2, 0.25) is 0 Å². The lowest BCUT2D eigenvalue weighted by Gasteiger charge is -2.33. The van der Waals surface area contributed by atoms with Crippen molar-refractivity contribution in [3.63, 3.8) is 0 Å². The van der Waals surface area contributed by atoms with Crippen LogP contribution in [0.5, 0.6) is 0 Å². The van der Waals surface area contributed by atoms with E-state index in [1.165, 1.54) is 16.4 Å². The summed E-state index contributed by atoms with van der Waals surface area (Å²) in [6.07, 6.45) is 5.01. The molecular formula is C31H27Cl2N5O3S. The van der Waals surface area contributed by atoms with Gasteiger partial charge in [-0.15, -0.1) is 0 Å². The molecule has 6 rings (SSSR count). The minimum Gasteiger partial charge on any atom is -0.338 e. The van der Waals surface area contributed by atoms with Crippen LogP contribution in [0.4, 0.5) is 5.69 Å². The van der Waals surface area contributed by atoms with Gasteiger partial charge in [0.15, 0.2) is 5.65 Å². The lowest BCUT2D eigenvalue weighted by atomic mass is 10.0. The molecule has 0 bridgehead atoms. The molecule has 1 fully saturated rings. The number of carbonyl (C=O) groups excluding carboxylic acids is 1. The molecule has 11 heteroatoms. The molecule has 42 heavy (non-hydrogen) atoms. The van der Waals surface area contributed by atoms with Crippen LogP contribution in [0.25, 0.3) is 11.2 Å². The second-order valence-electron chi connectivity index (χ2n) is 10.1. The van der Waals surface area contributed by atoms with Crippen LogP contribution in [0.1, 0.15) is 34.8 Å². The van der Waals surface area contributed by atoms with Gasteiger partial charge in [0.25, 0.3) is 15.9 Å². The Labute approximate surface area is 254 Å². The minimum absolute atomic E-state index is 0.0387. The number of likely N-dealkylation sites (tertiary alicyclic amines) is 1. The van der Waals surface area contributed by atoms with Crippen LogP contribution in [0.15, 0.2) is 102 Å². The van der Waals surface area contributed by atoms with E-state index < -0.39 is 10.0 Å². The number of rotatable bonds is 7. The SMILES string of the molecule is O=C(c1ccc(Cl)c(S(=O)(=O)N(Cc2ccccc2)c2ccc(Cl)cc2)c1)N1CCC(n2cnc3cccnc32)CC1. The Balaban J connectivity index is 1.25. The number of piperidine rings is 1. The van der Waals surface area contributed by atoms with Gasteiger partial charge in [0.1, 0.15) is 10.4 Å². The van der Waals surface area contributed by atoms with Crippen LogP contribution in [-0.2, 0) is 16.6 Å². The standard InChI is InChI=1S/C31H27Cl2N5O3S/c32-24-9-11-26(12-10-24)38(20-22-5-2-1-3-6-22)42(40,41)29-19-23(8-13-27(29)33)31(39)36-17-14-25(15-18-36)37-21-35-28-7-4-16-34-30(28)37/h1-13,16,19,21,25H,14-15,17-18,20H2. The van der Waals surface area contributed by atoms with Gasteiger partial charge in [-0.2, -0.15) is 0 Å². The summed E-state index contributed by atoms with van der Waals surface area (Å²) in [5.41, 5.74) is 3.16. The highest BCUT2D eigenvalue weighted by molar-refractivity contribution is 7.93. The molecular weight excluding hydrogens is 593 g/mol. The van der Waals surface area contributed by atoms with Gasteiger partial charge in [0, 0.05) is 35.9 Å². The van der Waals surface area contributed by atoms with Gasteiger partial charge in [0.05, 0.1) is 23.6 Å². The van der Waals surface area contributed by atoms with Crippen LogP contribution in [0, 0.1) is 0 Å². The third kappa shape index (κ3) is 5.60. The Kier molecular flexibility index (Phi) is 7.90. The van der Waals surface area contributed by atoms with Crippen molar-refractivity contribution < 1.29 is 13.2 Å². The summed E-state index contributed by atoms with van der Waals surface area (Å²) in [6.45, 7) is 1.11. The Morgan fingerprint density at radius 2 is 1.64 bits per heavy atom. The number of anilines is 1. The molecule has 0 unspecified atom stereocenters. The molecule has 0 atom stereocenters. The molecule has 0 aliphatic carbocycles. The minimum atomic E-state index is -4.17. The zero-order valence-corrected chi connectivity index (χ0v) is 24.8. The number of fused-ring (bicyclic) bond motifs is 1. The van der Waals surface area contributed by atoms with Crippen molar-refractivity contribution in [2.24, 2.45) is 0 Å². The maximum absolute atomic E-state index is 14.1. The molecule has 0 saturated carbocycles. The van der Waals surface area contributed by atoms with Crippen molar-refractivity contribution in [1.82, 2.24) is 19.4 Å². The summed E-state index contributed by atoms with van der Waals surface area (Å²) in [7, 11) is -4.17. The first-order chi connectivity index (χ1) is 20.3. The third-order valence-corrected chi connectivity index (χ3v) is 10.0. The van der Waals surface area contributed by atoms with Crippen molar-refractivity contribution in [3.05, 3.63) is 119 Å². The van der Waals surface area contributed by atoms with E-state index >= 15 is 0 Å². The lowest BCUT2D eigenvalue weighted by molar-refractivity contribution is 0.0695. The van der Waals surface area contributed by atoms with E-state index in [2.05, 4.69) is 14.5 Å². The predicted octanol–water partition coefficient (Wildman–Crippen LogP) is 6.61. The molecule has 1 aliphatic rings. The second kappa shape index (κ2) is 11.8. The fourth-order valence-corrected chi connectivity index (χ4v) is 7.37. The zero-order valence-electron chi connectivity index (χ0n) is 22.5. The number of benzene rings is 3. The molecule has 0 radical (unpaired) electrons. The van der Waals surface area contributed by atoms with E-state index in [0.29, 0.717) is 23.8 Å². The van der Waals surface area contributed by atoms with Gasteiger partial charge in [-0.1, -0.05) is 53.5 Å². The zero-order chi connectivity index (χ0) is 29.3. The smallest absolute Gasteiger partial charge is 0.266 e. The lowest BCUT2D eigenvalue weighted by Crippen LogP contribution is -2.39. The van der Waals surface area contributed by atoms with E-state index in [9.17, 15) is 13.2 Å². The average molecular weight is 621 g/mol. The molecule has 5 aromatic rings. The quantitative estimate of drug-likeness (QED) is 0.204. The summed E-state index contributed by atoms with van der Waals surface area (Å²) in [4.78, 5) is 24.1. The summed E-state index contributed by atoms with van der Waals surface area (Å²) >= 11 is 12.6. The molecule has 3 heterocycles. The second-order valence-corrected chi connectivity index (χ2v) is 12.8. The van der Waals surface area contributed by atoms with E-state index in [0.717, 1.165) is 29.6 Å². The molecule has 214 valence electrons. The summed E-state index contributed by atoms with van der Waals surface area (Å²) in [5.74, 6) is -0.240. The number of hydrogen-bond donors (Lipinski definition) is 0. The highest BCUT2D eigenvalue weighted by Crippen LogP contribution is 2.33. The Bertz CT molecular complexity index is 1840. The number of halogens is 2. The van der Waals surface area contributed by atoms with E-state index in [1.54, 1.807) is 47.8 Å². The van der Waals surface area contributed by atoms with Crippen molar-refractivity contribution in [3.8, 4) is 0 Å². The Morgan fingerprint density at radius 1 is 0.905 bits per heavy atom. The van der Waals surface area contributed by atoms with E-state index in [-0.39, 0.29) is 34.0 Å². The number of sulfonamides is 1. The molecule has 1 amide bonds. The van der Waals surface area contributed by atoms with Crippen LogP contribution in [0.3, 0.4) is 0 Å². The summed E-state index contributed by atoms with van der Waals surface area (Å²) in [5, 5.41) is 0.527. The number of hydrogen-bond acceptors (Lipinski definition) is 5. The highest BCUT2D eigenvalue weighted by atomic mass is 35.5. The number of amides is 1. The van der Waals surface area contributed by atoms with Gasteiger partial charge >= 0.3 is 0 Å². The fraction of sp³-hybridized carbons (Fsp3) is 0.194. The van der Waals surface area contributed by atoms with Crippen molar-refractivity contribution in [2.75, 3.05) is 17.4 Å². The Morgan fingerprint density at radius 3 is 2.38 bits per heavy atom. The Hall–Kier alpha value is -3.92. The summed E-state index contributed by atoms with van der Waals surface area (Å²) in [6, 6.07) is 24.2. The van der Waals surface area contributed by atoms with Crippen molar-refractivity contribution in [1.29, 1.82) is 0 Å². The maximum Gasteiger partial charge on any atom is 0.266 e. The molecule has 2 aromatic heterocycles. The number of nitrogens with zero attached hydrogens (tertiary/aromatic N) is 5. The van der Waals surface area contributed by atoms with Gasteiger partial charge in [-0.25, -0.2) is 18.4 Å². The predicted molar refractivity (Wildman–Crippen MR) is 164 cm³/mol. The summed E-state index contributed by atoms with van der Waals surface area (Å²) < 4.78 is 31.6. The molecule has 1 saturated heterocycles. The van der Waals surface area contributed by atoms with Crippen molar-refractivity contribution >= 4 is 56.0 Å². The van der Waals surface area contributed by atoms with E-state index in [4.69, 9.17) is 23.2 Å². The van der Waals surface area contributed by atoms with Crippen LogP contribution in [-0.4, -0.2) is 46.8 Å². The van der Waals surface area contributed by atoms with Crippen LogP contribution >= 0.6 is 23.2 Å². The largest absolute Gasteiger partial charge is 0.338 e. The topological polar surface area (TPSA) is 88.4 Å². The third-order valence-electron chi connectivity index (χ3n) is 7.51. The number of imidazole rings is 1. The molecule has 0 N–H and O–H groups in total. The van der Waals surface area contributed by atoms with Crippen LogP contribution < -0.4 is 4.31 Å². The maximum atomic E-state index is 14.1. The number of pyridine rings is 1.